The van der Waals surface area contributed by atoms with Gasteiger partial charge in [0.1, 0.15) is 60.5 Å². The fraction of sp³-hybridized carbons (Fsp3) is 0.906. The molecule has 3 heterocycles. The monoisotopic (exact) mass is 1040 g/mol. The summed E-state index contributed by atoms with van der Waals surface area (Å²) in [5, 5.41) is 103. The van der Waals surface area contributed by atoms with Crippen molar-refractivity contribution >= 4 is 18.2 Å². The van der Waals surface area contributed by atoms with Crippen LogP contribution in [0.15, 0.2) is 11.1 Å². The quantitative estimate of drug-likeness (QED) is 0.0430. The summed E-state index contributed by atoms with van der Waals surface area (Å²) in [6, 6.07) is -1.32. The number of hydrogen-bond donors (Lipinski definition) is 11. The third-order valence-corrected chi connectivity index (χ3v) is 20.6. The van der Waals surface area contributed by atoms with E-state index < -0.39 is 139 Å². The molecular formula is C53H84N2O18. The lowest BCUT2D eigenvalue weighted by Gasteiger charge is -2.81. The van der Waals surface area contributed by atoms with E-state index in [9.17, 15) is 55.5 Å². The molecule has 20 heteroatoms. The van der Waals surface area contributed by atoms with Crippen LogP contribution in [0.1, 0.15) is 131 Å². The average Bonchev–Trinajstić information content (AvgIpc) is 3.35. The van der Waals surface area contributed by atoms with Crippen LogP contribution in [0.4, 0.5) is 0 Å². The van der Waals surface area contributed by atoms with E-state index in [1.54, 1.807) is 0 Å². The number of carbonyl (C=O) groups is 3. The smallest absolute Gasteiger partial charge is 0.317 e. The predicted octanol–water partition coefficient (Wildman–Crippen LogP) is 0.354. The average molecular weight is 1040 g/mol. The first-order valence-electron chi connectivity index (χ1n) is 27.3. The molecule has 0 aromatic heterocycles. The van der Waals surface area contributed by atoms with Crippen LogP contribution in [0.2, 0.25) is 0 Å². The fourth-order valence-corrected chi connectivity index (χ4v) is 16.5. The number of amides is 1. The number of allylic oxidation sites excluding steroid dienone is 2. The lowest BCUT2D eigenvalue weighted by Crippen LogP contribution is -2.76. The number of aliphatic hydroxyl groups is 9. The van der Waals surface area contributed by atoms with E-state index in [-0.39, 0.29) is 54.5 Å². The Labute approximate surface area is 427 Å². The van der Waals surface area contributed by atoms with Gasteiger partial charge in [0.15, 0.2) is 18.7 Å². The van der Waals surface area contributed by atoms with E-state index in [1.807, 2.05) is 6.92 Å². The first-order valence-corrected chi connectivity index (χ1v) is 27.3. The number of ether oxygens (including phenoxy) is 6. The molecule has 9 rings (SSSR count). The second kappa shape index (κ2) is 20.8. The zero-order chi connectivity index (χ0) is 52.7. The van der Waals surface area contributed by atoms with Crippen molar-refractivity contribution in [1.82, 2.24) is 5.32 Å². The van der Waals surface area contributed by atoms with Gasteiger partial charge < -0.3 is 90.2 Å². The van der Waals surface area contributed by atoms with Crippen LogP contribution in [0.5, 0.6) is 0 Å². The fourth-order valence-electron chi connectivity index (χ4n) is 16.5. The van der Waals surface area contributed by atoms with Crippen molar-refractivity contribution in [3.8, 4) is 0 Å². The highest BCUT2D eigenvalue weighted by molar-refractivity contribution is 5.81. The second-order valence-electron chi connectivity index (χ2n) is 24.4. The largest absolute Gasteiger partial charge is 0.432 e. The van der Waals surface area contributed by atoms with E-state index in [1.165, 1.54) is 18.1 Å². The van der Waals surface area contributed by atoms with Gasteiger partial charge in [0.2, 0.25) is 12.2 Å². The number of nitrogens with one attached hydrogen (secondary N) is 1. The molecule has 0 bridgehead atoms. The molecule has 0 aromatic rings. The van der Waals surface area contributed by atoms with E-state index in [2.05, 4.69) is 26.1 Å². The Kier molecular flexibility index (Phi) is 15.9. The van der Waals surface area contributed by atoms with Crippen LogP contribution >= 0.6 is 0 Å². The normalized spacial score (nSPS) is 51.2. The molecular weight excluding hydrogens is 953 g/mol. The van der Waals surface area contributed by atoms with Crippen molar-refractivity contribution in [2.45, 2.75) is 229 Å². The number of esters is 1. The van der Waals surface area contributed by atoms with Gasteiger partial charge in [-0.3, -0.25) is 9.59 Å². The molecule has 14 unspecified atom stereocenters. The van der Waals surface area contributed by atoms with Gasteiger partial charge in [0, 0.05) is 17.3 Å². The van der Waals surface area contributed by atoms with Gasteiger partial charge in [-0.1, -0.05) is 58.1 Å². The number of aliphatic hydroxyl groups excluding tert-OH is 9. The number of nitrogens with two attached hydrogens (primary N) is 1. The molecule has 73 heavy (non-hydrogen) atoms. The number of rotatable bonds is 16. The summed E-state index contributed by atoms with van der Waals surface area (Å²) in [5.41, 5.74) is 4.98. The molecule has 3 aliphatic heterocycles. The Morgan fingerprint density at radius 3 is 2.19 bits per heavy atom. The van der Waals surface area contributed by atoms with Crippen LogP contribution in [-0.4, -0.2) is 182 Å². The van der Waals surface area contributed by atoms with Crippen molar-refractivity contribution in [2.75, 3.05) is 19.8 Å². The highest BCUT2D eigenvalue weighted by atomic mass is 16.8. The minimum Gasteiger partial charge on any atom is -0.432 e. The summed E-state index contributed by atoms with van der Waals surface area (Å²) in [6.07, 6.45) is -12.1. The number of hydrogen-bond acceptors (Lipinski definition) is 19. The summed E-state index contributed by atoms with van der Waals surface area (Å²) in [4.78, 5) is 41.6. The van der Waals surface area contributed by atoms with Gasteiger partial charge in [-0.2, -0.15) is 0 Å². The van der Waals surface area contributed by atoms with Crippen molar-refractivity contribution in [3.05, 3.63) is 11.1 Å². The standard InChI is InChI=1S/C53H84N2O18/c1-25-12-16-52(27(19-25)36-28-20-32-49(3)15-14-33(59)50(4,24-57)31(49)13-17-53(28,32)51(36,5)21-34(52)60)48(67)73-47-44(39(63)37(30(22-56)70-47)55-35(61)11-9-7-6-8-10-18-54)72-46-42(66)40(64)43(26(2)69-46)71-45-41(65)38(62)29(58)23-68-45/h24-27,29-34,37-47,56,58-60,62-66H,6-23,54H2,1-5H3,(H,55,61)/t25-,26-,27?,29-,30-,31-,32?,33?,34-,37?,38?,39?,40?,41?,42?,43?,44?,45+,46+,47+,49?,50?,51-,52?,53-/m1/s1. The molecule has 6 aliphatic carbocycles. The predicted molar refractivity (Wildman–Crippen MR) is 256 cm³/mol. The lowest BCUT2D eigenvalue weighted by molar-refractivity contribution is -0.370. The van der Waals surface area contributed by atoms with Crippen molar-refractivity contribution in [3.63, 3.8) is 0 Å². The second-order valence-corrected chi connectivity index (χ2v) is 24.4. The molecule has 8 fully saturated rings. The number of unbranched alkanes of at least 4 members (excludes halogenated alkanes) is 4. The molecule has 5 saturated carbocycles. The topological polar surface area (TPSA) is 327 Å². The maximum Gasteiger partial charge on any atom is 0.317 e. The Morgan fingerprint density at radius 2 is 1.48 bits per heavy atom. The summed E-state index contributed by atoms with van der Waals surface area (Å²) in [6.45, 7) is 9.51. The summed E-state index contributed by atoms with van der Waals surface area (Å²) < 4.78 is 36.2. The van der Waals surface area contributed by atoms with E-state index in [0.29, 0.717) is 32.2 Å². The van der Waals surface area contributed by atoms with Gasteiger partial charge in [0.25, 0.3) is 0 Å². The molecule has 12 N–H and O–H groups in total. The summed E-state index contributed by atoms with van der Waals surface area (Å²) >= 11 is 0. The molecule has 20 nitrogen and oxygen atoms in total. The molecule has 9 aliphatic rings. The SMILES string of the molecule is C[C@@H]1CCC2(C(=O)O[C@@H]3O[C@H](CO)C(NC(=O)CCCCCCCN)C(O)C3O[C@@H]3O[C@H](C)C(O[C@@H]4OC[C@@H](O)C(O)C4O)C(O)C3O)C(C1)C1=C3CC4C5(C)CCC(O)C(C)(C=O)[C@@H]5CC[C@@]34[C@]1(C)C[C@H]2O. The lowest BCUT2D eigenvalue weighted by atomic mass is 9.22. The molecule has 0 aromatic carbocycles. The molecule has 1 spiro atoms. The number of carbonyl (C=O) groups excluding carboxylic acids is 3. The van der Waals surface area contributed by atoms with Crippen molar-refractivity contribution < 1.29 is 88.8 Å². The van der Waals surface area contributed by atoms with Gasteiger partial charge in [-0.05, 0) is 113 Å². The molecule has 0 radical (unpaired) electrons. The Bertz CT molecular complexity index is 2070. The van der Waals surface area contributed by atoms with Crippen molar-refractivity contribution in [2.24, 2.45) is 56.5 Å². The first-order chi connectivity index (χ1) is 34.6. The maximum atomic E-state index is 15.4. The van der Waals surface area contributed by atoms with E-state index in [4.69, 9.17) is 34.2 Å². The van der Waals surface area contributed by atoms with Crippen LogP contribution in [0, 0.1) is 50.7 Å². The maximum absolute atomic E-state index is 15.4. The van der Waals surface area contributed by atoms with Gasteiger partial charge >= 0.3 is 5.97 Å². The first kappa shape index (κ1) is 55.5. The van der Waals surface area contributed by atoms with Gasteiger partial charge in [-0.15, -0.1) is 0 Å². The third-order valence-electron chi connectivity index (χ3n) is 20.6. The minimum atomic E-state index is -1.92. The van der Waals surface area contributed by atoms with Gasteiger partial charge in [-0.25, -0.2) is 0 Å². The van der Waals surface area contributed by atoms with E-state index >= 15 is 4.79 Å². The summed E-state index contributed by atoms with van der Waals surface area (Å²) in [7, 11) is 0. The van der Waals surface area contributed by atoms with Crippen LogP contribution in [-0.2, 0) is 42.8 Å². The third kappa shape index (κ3) is 8.71. The Hall–Kier alpha value is -2.25. The van der Waals surface area contributed by atoms with Crippen LogP contribution in [0.25, 0.3) is 0 Å². The van der Waals surface area contributed by atoms with E-state index in [0.717, 1.165) is 57.7 Å². The molecule has 414 valence electrons. The van der Waals surface area contributed by atoms with Crippen LogP contribution < -0.4 is 11.1 Å². The van der Waals surface area contributed by atoms with Crippen molar-refractivity contribution in [1.29, 1.82) is 0 Å². The Balaban J connectivity index is 0.983. The number of aldehydes is 1. The van der Waals surface area contributed by atoms with Crippen LogP contribution in [0.3, 0.4) is 0 Å². The highest BCUT2D eigenvalue weighted by Crippen LogP contribution is 2.87. The number of fused-ring (bicyclic) bond motifs is 5. The Morgan fingerprint density at radius 1 is 0.781 bits per heavy atom. The molecule has 3 saturated heterocycles. The zero-order valence-electron chi connectivity index (χ0n) is 43.1. The van der Waals surface area contributed by atoms with Gasteiger partial charge in [0.05, 0.1) is 43.0 Å². The molecule has 1 amide bonds. The summed E-state index contributed by atoms with van der Waals surface area (Å²) in [5.74, 6) is -1.19. The minimum absolute atomic E-state index is 0.00831. The molecule has 25 atom stereocenters. The highest BCUT2D eigenvalue weighted by Gasteiger charge is 2.81. The zero-order valence-corrected chi connectivity index (χ0v) is 43.1.